The van der Waals surface area contributed by atoms with Crippen LogP contribution >= 0.6 is 0 Å². The number of carbonyl (C=O) groups is 2. The summed E-state index contributed by atoms with van der Waals surface area (Å²) in [7, 11) is 1.35. The number of likely N-dealkylation sites (tertiary alicyclic amines) is 2. The molecule has 0 radical (unpaired) electrons. The van der Waals surface area contributed by atoms with Crippen LogP contribution < -0.4 is 0 Å². The minimum absolute atomic E-state index is 0.0776. The van der Waals surface area contributed by atoms with Gasteiger partial charge in [0.25, 0.3) is 0 Å². The molecule has 1 aromatic carbocycles. The fraction of sp³-hybridized carbons (Fsp3) is 0.556. The van der Waals surface area contributed by atoms with E-state index in [0.29, 0.717) is 0 Å². The molecule has 2 fully saturated rings. The lowest BCUT2D eigenvalue weighted by Gasteiger charge is -2.48. The quantitative estimate of drug-likeness (QED) is 0.776. The first-order valence-corrected chi connectivity index (χ1v) is 8.21. The van der Waals surface area contributed by atoms with Crippen LogP contribution in [0.25, 0.3) is 0 Å². The Balaban J connectivity index is 1.44. The minimum atomic E-state index is -0.315. The van der Waals surface area contributed by atoms with E-state index in [0.717, 1.165) is 39.1 Å². The van der Waals surface area contributed by atoms with E-state index >= 15 is 0 Å². The summed E-state index contributed by atoms with van der Waals surface area (Å²) >= 11 is 0. The van der Waals surface area contributed by atoms with E-state index in [1.54, 1.807) is 0 Å². The van der Waals surface area contributed by atoms with Crippen molar-refractivity contribution in [1.82, 2.24) is 9.80 Å². The van der Waals surface area contributed by atoms with Gasteiger partial charge in [-0.25, -0.2) is 0 Å². The number of esters is 1. The Morgan fingerprint density at radius 1 is 1.13 bits per heavy atom. The van der Waals surface area contributed by atoms with Crippen molar-refractivity contribution in [3.05, 3.63) is 35.9 Å². The molecule has 5 heteroatoms. The molecule has 0 atom stereocenters. The second-order valence-corrected chi connectivity index (χ2v) is 6.77. The molecule has 5 nitrogen and oxygen atoms in total. The van der Waals surface area contributed by atoms with Crippen LogP contribution in [0, 0.1) is 5.41 Å². The smallest absolute Gasteiger partial charge is 0.306 e. The average Bonchev–Trinajstić information content (AvgIpc) is 2.98. The summed E-state index contributed by atoms with van der Waals surface area (Å²) in [4.78, 5) is 27.7. The third-order valence-electron chi connectivity index (χ3n) is 4.93. The SMILES string of the molecule is COC(=O)CCC(=O)N1CCC2(CN(Cc3ccccc3)C2)C1. The monoisotopic (exact) mass is 316 g/mol. The maximum absolute atomic E-state index is 12.2. The lowest BCUT2D eigenvalue weighted by molar-refractivity contribution is -0.143. The molecule has 2 aliphatic heterocycles. The summed E-state index contributed by atoms with van der Waals surface area (Å²) in [6.07, 6.45) is 1.51. The summed E-state index contributed by atoms with van der Waals surface area (Å²) in [6, 6.07) is 10.5. The molecule has 2 aliphatic rings. The molecule has 2 saturated heterocycles. The number of methoxy groups -OCH3 is 1. The average molecular weight is 316 g/mol. The number of hydrogen-bond acceptors (Lipinski definition) is 4. The molecule has 23 heavy (non-hydrogen) atoms. The highest BCUT2D eigenvalue weighted by atomic mass is 16.5. The van der Waals surface area contributed by atoms with Gasteiger partial charge in [-0.2, -0.15) is 0 Å². The van der Waals surface area contributed by atoms with E-state index in [1.165, 1.54) is 12.7 Å². The Hall–Kier alpha value is -1.88. The fourth-order valence-corrected chi connectivity index (χ4v) is 3.73. The van der Waals surface area contributed by atoms with E-state index in [-0.39, 0.29) is 30.1 Å². The van der Waals surface area contributed by atoms with Crippen LogP contribution in [-0.2, 0) is 20.9 Å². The molecule has 1 spiro atoms. The van der Waals surface area contributed by atoms with Crippen LogP contribution in [0.4, 0.5) is 0 Å². The maximum Gasteiger partial charge on any atom is 0.306 e. The van der Waals surface area contributed by atoms with E-state index in [9.17, 15) is 9.59 Å². The Bertz CT molecular complexity index is 567. The summed E-state index contributed by atoms with van der Waals surface area (Å²) < 4.78 is 4.59. The topological polar surface area (TPSA) is 49.9 Å². The Kier molecular flexibility index (Phi) is 4.66. The van der Waals surface area contributed by atoms with Crippen LogP contribution in [0.1, 0.15) is 24.8 Å². The first-order chi connectivity index (χ1) is 11.1. The van der Waals surface area contributed by atoms with Gasteiger partial charge in [-0.3, -0.25) is 14.5 Å². The van der Waals surface area contributed by atoms with Gasteiger partial charge in [0.1, 0.15) is 0 Å². The first kappa shape index (κ1) is 16.0. The molecule has 0 N–H and O–H groups in total. The van der Waals surface area contributed by atoms with Crippen LogP contribution in [0.5, 0.6) is 0 Å². The number of ether oxygens (including phenoxy) is 1. The van der Waals surface area contributed by atoms with Crippen LogP contribution in [0.2, 0.25) is 0 Å². The zero-order chi connectivity index (χ0) is 16.3. The molecular weight excluding hydrogens is 292 g/mol. The van der Waals surface area contributed by atoms with Crippen molar-refractivity contribution in [2.24, 2.45) is 5.41 Å². The predicted octanol–water partition coefficient (Wildman–Crippen LogP) is 1.67. The van der Waals surface area contributed by atoms with Crippen molar-refractivity contribution in [2.45, 2.75) is 25.8 Å². The number of carbonyl (C=O) groups excluding carboxylic acids is 2. The minimum Gasteiger partial charge on any atom is -0.469 e. The standard InChI is InChI=1S/C18H24N2O3/c1-23-17(22)8-7-16(21)20-10-9-18(14-20)12-19(13-18)11-15-5-3-2-4-6-15/h2-6H,7-14H2,1H3. The molecule has 2 heterocycles. The van der Waals surface area contributed by atoms with E-state index in [1.807, 2.05) is 11.0 Å². The molecule has 1 aromatic rings. The van der Waals surface area contributed by atoms with Crippen molar-refractivity contribution in [1.29, 1.82) is 0 Å². The number of nitrogens with zero attached hydrogens (tertiary/aromatic N) is 2. The summed E-state index contributed by atoms with van der Waals surface area (Å²) in [5.41, 5.74) is 1.61. The summed E-state index contributed by atoms with van der Waals surface area (Å²) in [5.74, 6) is -0.237. The maximum atomic E-state index is 12.2. The van der Waals surface area contributed by atoms with Gasteiger partial charge in [0, 0.05) is 44.6 Å². The fourth-order valence-electron chi connectivity index (χ4n) is 3.73. The second kappa shape index (κ2) is 6.71. The molecule has 0 unspecified atom stereocenters. The molecule has 1 amide bonds. The Morgan fingerprint density at radius 2 is 1.87 bits per heavy atom. The highest BCUT2D eigenvalue weighted by Crippen LogP contribution is 2.40. The highest BCUT2D eigenvalue weighted by molar-refractivity contribution is 5.81. The van der Waals surface area contributed by atoms with Crippen molar-refractivity contribution in [3.63, 3.8) is 0 Å². The summed E-state index contributed by atoms with van der Waals surface area (Å²) in [6.45, 7) is 4.75. The van der Waals surface area contributed by atoms with Gasteiger partial charge in [0.2, 0.25) is 5.91 Å². The normalized spacial score (nSPS) is 19.6. The van der Waals surface area contributed by atoms with Gasteiger partial charge in [-0.15, -0.1) is 0 Å². The van der Waals surface area contributed by atoms with Crippen molar-refractivity contribution >= 4 is 11.9 Å². The van der Waals surface area contributed by atoms with Crippen molar-refractivity contribution in [3.8, 4) is 0 Å². The lowest BCUT2D eigenvalue weighted by Crippen LogP contribution is -2.57. The molecule has 3 rings (SSSR count). The molecule has 124 valence electrons. The van der Waals surface area contributed by atoms with Crippen LogP contribution in [0.3, 0.4) is 0 Å². The van der Waals surface area contributed by atoms with E-state index in [2.05, 4.69) is 33.9 Å². The largest absolute Gasteiger partial charge is 0.469 e. The van der Waals surface area contributed by atoms with Gasteiger partial charge in [0.05, 0.1) is 13.5 Å². The summed E-state index contributed by atoms with van der Waals surface area (Å²) in [5, 5.41) is 0. The molecular formula is C18H24N2O3. The molecule has 0 aromatic heterocycles. The third-order valence-corrected chi connectivity index (χ3v) is 4.93. The number of rotatable bonds is 5. The Labute approximate surface area is 137 Å². The van der Waals surface area contributed by atoms with E-state index < -0.39 is 0 Å². The van der Waals surface area contributed by atoms with E-state index in [4.69, 9.17) is 0 Å². The lowest BCUT2D eigenvalue weighted by atomic mass is 9.79. The third kappa shape index (κ3) is 3.72. The number of amides is 1. The van der Waals surface area contributed by atoms with Crippen molar-refractivity contribution in [2.75, 3.05) is 33.3 Å². The van der Waals surface area contributed by atoms with Gasteiger partial charge < -0.3 is 9.64 Å². The number of hydrogen-bond donors (Lipinski definition) is 0. The van der Waals surface area contributed by atoms with Crippen molar-refractivity contribution < 1.29 is 14.3 Å². The molecule has 0 bridgehead atoms. The predicted molar refractivity (Wildman–Crippen MR) is 86.6 cm³/mol. The molecule has 0 saturated carbocycles. The van der Waals surface area contributed by atoms with Crippen LogP contribution in [0.15, 0.2) is 30.3 Å². The Morgan fingerprint density at radius 3 is 2.57 bits per heavy atom. The highest BCUT2D eigenvalue weighted by Gasteiger charge is 2.48. The van der Waals surface area contributed by atoms with Crippen LogP contribution in [-0.4, -0.2) is 55.0 Å². The second-order valence-electron chi connectivity index (χ2n) is 6.77. The van der Waals surface area contributed by atoms with Gasteiger partial charge in [-0.1, -0.05) is 30.3 Å². The van der Waals surface area contributed by atoms with Gasteiger partial charge >= 0.3 is 5.97 Å². The molecule has 0 aliphatic carbocycles. The zero-order valence-corrected chi connectivity index (χ0v) is 13.7. The zero-order valence-electron chi connectivity index (χ0n) is 13.7. The van der Waals surface area contributed by atoms with Gasteiger partial charge in [-0.05, 0) is 12.0 Å². The van der Waals surface area contributed by atoms with Gasteiger partial charge in [0.15, 0.2) is 0 Å². The first-order valence-electron chi connectivity index (χ1n) is 8.21. The number of benzene rings is 1.